The summed E-state index contributed by atoms with van der Waals surface area (Å²) >= 11 is 0. The van der Waals surface area contributed by atoms with Crippen molar-refractivity contribution in [1.29, 1.82) is 0 Å². The summed E-state index contributed by atoms with van der Waals surface area (Å²) < 4.78 is 1.97. The summed E-state index contributed by atoms with van der Waals surface area (Å²) in [7, 11) is 0. The lowest BCUT2D eigenvalue weighted by atomic mass is 9.90. The van der Waals surface area contributed by atoms with Crippen molar-refractivity contribution in [1.82, 2.24) is 29.9 Å². The lowest BCUT2D eigenvalue weighted by Gasteiger charge is -2.31. The quantitative estimate of drug-likeness (QED) is 0.446. The number of fused-ring (bicyclic) bond motifs is 4. The van der Waals surface area contributed by atoms with E-state index < -0.39 is 0 Å². The predicted molar refractivity (Wildman–Crippen MR) is 154 cm³/mol. The number of benzene rings is 1. The van der Waals surface area contributed by atoms with E-state index in [-0.39, 0.29) is 5.78 Å². The zero-order chi connectivity index (χ0) is 26.7. The Morgan fingerprint density at radius 1 is 0.923 bits per heavy atom. The van der Waals surface area contributed by atoms with Crippen LogP contribution in [0, 0.1) is 5.92 Å². The van der Waals surface area contributed by atoms with E-state index in [2.05, 4.69) is 67.4 Å². The average molecular weight is 531 g/mol. The molecule has 9 heteroatoms. The lowest BCUT2D eigenvalue weighted by Crippen LogP contribution is -2.34. The molecule has 1 aromatic carbocycles. The molecule has 2 aromatic heterocycles. The van der Waals surface area contributed by atoms with Crippen LogP contribution in [0.4, 0.5) is 11.8 Å². The van der Waals surface area contributed by atoms with Crippen molar-refractivity contribution in [3.63, 3.8) is 0 Å². The van der Waals surface area contributed by atoms with Crippen LogP contribution in [-0.2, 0) is 19.5 Å². The molecule has 0 radical (unpaired) electrons. The minimum atomic E-state index is 0.143. The van der Waals surface area contributed by atoms with Crippen LogP contribution in [0.25, 0.3) is 0 Å². The van der Waals surface area contributed by atoms with E-state index in [1.54, 1.807) is 6.20 Å². The summed E-state index contributed by atoms with van der Waals surface area (Å²) in [6, 6.07) is 10.6. The van der Waals surface area contributed by atoms with Crippen LogP contribution in [0.5, 0.6) is 0 Å². The number of piperidine rings is 1. The average Bonchev–Trinajstić information content (AvgIpc) is 3.41. The monoisotopic (exact) mass is 530 g/mol. The highest BCUT2D eigenvalue weighted by atomic mass is 16.1. The first kappa shape index (κ1) is 27.2. The first-order chi connectivity index (χ1) is 19.2. The fourth-order valence-electron chi connectivity index (χ4n) is 5.52. The van der Waals surface area contributed by atoms with Gasteiger partial charge in [0.15, 0.2) is 5.78 Å². The molecule has 0 saturated carbocycles. The number of carbonyl (C=O) groups excluding carboxylic acids is 1. The van der Waals surface area contributed by atoms with E-state index in [9.17, 15) is 4.79 Å². The van der Waals surface area contributed by atoms with Crippen LogP contribution < -0.4 is 10.6 Å². The van der Waals surface area contributed by atoms with Gasteiger partial charge in [0, 0.05) is 45.0 Å². The van der Waals surface area contributed by atoms with Gasteiger partial charge in [0.2, 0.25) is 5.95 Å². The molecule has 9 nitrogen and oxygen atoms in total. The van der Waals surface area contributed by atoms with Crippen LogP contribution >= 0.6 is 0 Å². The molecule has 2 aliphatic heterocycles. The highest BCUT2D eigenvalue weighted by Gasteiger charge is 2.24. The van der Waals surface area contributed by atoms with Gasteiger partial charge in [-0.3, -0.25) is 14.4 Å². The largest absolute Gasteiger partial charge is 0.369 e. The molecule has 0 amide bonds. The first-order valence-electron chi connectivity index (χ1n) is 14.8. The Hall–Kier alpha value is -3.33. The van der Waals surface area contributed by atoms with E-state index in [1.165, 1.54) is 5.56 Å². The Morgan fingerprint density at radius 2 is 1.72 bits per heavy atom. The van der Waals surface area contributed by atoms with Crippen molar-refractivity contribution in [2.24, 2.45) is 5.92 Å². The second-order valence-corrected chi connectivity index (χ2v) is 11.0. The summed E-state index contributed by atoms with van der Waals surface area (Å²) in [6.07, 6.45) is 13.8. The summed E-state index contributed by atoms with van der Waals surface area (Å²) in [5.74, 6) is 1.80. The topological polar surface area (TPSA) is 101 Å². The number of nitrogens with zero attached hydrogens (tertiary/aromatic N) is 6. The molecule has 0 unspecified atom stereocenters. The molecule has 0 atom stereocenters. The molecule has 4 heterocycles. The molecular weight excluding hydrogens is 488 g/mol. The minimum Gasteiger partial charge on any atom is -0.369 e. The summed E-state index contributed by atoms with van der Waals surface area (Å²) in [4.78, 5) is 25.2. The number of Topliss-reactive ketones (excluding diaryl/α,β-unsaturated/α-hetero) is 1. The zero-order valence-electron chi connectivity index (χ0n) is 23.0. The van der Waals surface area contributed by atoms with Crippen molar-refractivity contribution in [3.05, 3.63) is 59.5 Å². The van der Waals surface area contributed by atoms with Crippen LogP contribution in [0.15, 0.2) is 42.7 Å². The van der Waals surface area contributed by atoms with Gasteiger partial charge in [-0.25, -0.2) is 4.98 Å². The predicted octanol–water partition coefficient (Wildman–Crippen LogP) is 4.97. The Labute approximate surface area is 231 Å². The molecule has 208 valence electrons. The number of anilines is 2. The highest BCUT2D eigenvalue weighted by Crippen LogP contribution is 2.26. The van der Waals surface area contributed by atoms with Crippen LogP contribution in [0.3, 0.4) is 0 Å². The Kier molecular flexibility index (Phi) is 9.90. The number of hydrogen-bond acceptors (Lipinski definition) is 8. The van der Waals surface area contributed by atoms with E-state index in [0.717, 1.165) is 103 Å². The third-order valence-corrected chi connectivity index (χ3v) is 7.85. The number of aryl methyl sites for hydroxylation is 2. The number of likely N-dealkylation sites (tertiary alicyclic amines) is 1. The second-order valence-electron chi connectivity index (χ2n) is 11.0. The lowest BCUT2D eigenvalue weighted by molar-refractivity contribution is 0.0925. The molecule has 1 fully saturated rings. The molecule has 2 aliphatic rings. The molecule has 39 heavy (non-hydrogen) atoms. The number of aromatic nitrogens is 5. The van der Waals surface area contributed by atoms with Gasteiger partial charge < -0.3 is 10.6 Å². The number of ketones is 1. The van der Waals surface area contributed by atoms with E-state index in [4.69, 9.17) is 4.98 Å². The van der Waals surface area contributed by atoms with E-state index >= 15 is 0 Å². The first-order valence-corrected chi connectivity index (χ1v) is 14.8. The maximum atomic E-state index is 13.4. The van der Waals surface area contributed by atoms with Crippen LogP contribution in [-0.4, -0.2) is 61.8 Å². The number of hydrogen-bond donors (Lipinski definition) is 2. The van der Waals surface area contributed by atoms with E-state index in [1.807, 2.05) is 4.68 Å². The Morgan fingerprint density at radius 3 is 2.59 bits per heavy atom. The van der Waals surface area contributed by atoms with Gasteiger partial charge in [-0.1, -0.05) is 48.4 Å². The smallest absolute Gasteiger partial charge is 0.224 e. The normalized spacial score (nSPS) is 18.4. The highest BCUT2D eigenvalue weighted by molar-refractivity contribution is 6.00. The van der Waals surface area contributed by atoms with Gasteiger partial charge in [0.1, 0.15) is 5.82 Å². The SMILES string of the molecule is O=C(CC1CCN(Cc2ccccc2)CC1)c1cnc2nc1NCCCCc1cn(nn1)CCCCCCN2. The van der Waals surface area contributed by atoms with Crippen molar-refractivity contribution in [2.75, 3.05) is 36.8 Å². The molecule has 2 N–H and O–H groups in total. The van der Waals surface area contributed by atoms with Crippen molar-refractivity contribution in [3.8, 4) is 0 Å². The molecular formula is C30H42N8O. The summed E-state index contributed by atoms with van der Waals surface area (Å²) in [5.41, 5.74) is 3.02. The Bertz CT molecular complexity index is 1170. The van der Waals surface area contributed by atoms with Gasteiger partial charge in [-0.05, 0) is 69.5 Å². The second kappa shape index (κ2) is 14.2. The fourth-order valence-corrected chi connectivity index (χ4v) is 5.52. The third-order valence-electron chi connectivity index (χ3n) is 7.85. The summed E-state index contributed by atoms with van der Waals surface area (Å²) in [5, 5.41) is 15.4. The molecule has 1 saturated heterocycles. The van der Waals surface area contributed by atoms with Crippen molar-refractivity contribution in [2.45, 2.75) is 77.3 Å². The molecule has 4 bridgehead atoms. The number of rotatable bonds is 5. The van der Waals surface area contributed by atoms with Crippen molar-refractivity contribution < 1.29 is 4.79 Å². The molecule has 3 aromatic rings. The van der Waals surface area contributed by atoms with Crippen LogP contribution in [0.2, 0.25) is 0 Å². The standard InChI is InChI=1S/C30H42N8O/c39-28(20-24-13-18-37(19-14-24)22-25-10-4-3-5-11-25)27-21-33-30-32-16-7-1-2-9-17-38-23-26(35-36-38)12-6-8-15-31-29(27)34-30/h3-5,10-11,21,23-24H,1-2,6-9,12-20,22H2,(H2,31,32,33,34). The number of carbonyl (C=O) groups is 1. The van der Waals surface area contributed by atoms with Crippen molar-refractivity contribution >= 4 is 17.5 Å². The molecule has 0 aliphatic carbocycles. The van der Waals surface area contributed by atoms with Gasteiger partial charge in [0.25, 0.3) is 0 Å². The zero-order valence-corrected chi connectivity index (χ0v) is 23.0. The van der Waals surface area contributed by atoms with Gasteiger partial charge in [-0.15, -0.1) is 5.10 Å². The number of nitrogens with one attached hydrogen (secondary N) is 2. The third kappa shape index (κ3) is 8.33. The molecule has 5 rings (SSSR count). The van der Waals surface area contributed by atoms with Gasteiger partial charge >= 0.3 is 0 Å². The molecule has 0 spiro atoms. The maximum Gasteiger partial charge on any atom is 0.224 e. The summed E-state index contributed by atoms with van der Waals surface area (Å²) in [6.45, 7) is 5.55. The minimum absolute atomic E-state index is 0.143. The Balaban J connectivity index is 1.17. The van der Waals surface area contributed by atoms with Crippen LogP contribution in [0.1, 0.15) is 79.4 Å². The fraction of sp³-hybridized carbons (Fsp3) is 0.567. The maximum absolute atomic E-state index is 13.4. The van der Waals surface area contributed by atoms with Gasteiger partial charge in [-0.2, -0.15) is 4.98 Å². The van der Waals surface area contributed by atoms with Gasteiger partial charge in [0.05, 0.1) is 11.3 Å². The van der Waals surface area contributed by atoms with E-state index in [0.29, 0.717) is 29.7 Å².